The van der Waals surface area contributed by atoms with Gasteiger partial charge in [-0.25, -0.2) is 0 Å². The fourth-order valence-corrected chi connectivity index (χ4v) is 3.99. The third kappa shape index (κ3) is 2.70. The lowest BCUT2D eigenvalue weighted by Gasteiger charge is -2.25. The fourth-order valence-electron chi connectivity index (χ4n) is 3.99. The Labute approximate surface area is 173 Å². The number of anilines is 1. The van der Waals surface area contributed by atoms with Crippen LogP contribution in [-0.2, 0) is 0 Å². The highest BCUT2D eigenvalue weighted by Gasteiger charge is 2.43. The number of nitrogens with zero attached hydrogens (tertiary/aromatic N) is 1. The first-order valence-corrected chi connectivity index (χ1v) is 9.68. The van der Waals surface area contributed by atoms with Gasteiger partial charge in [-0.2, -0.15) is 0 Å². The first-order chi connectivity index (χ1) is 14.6. The van der Waals surface area contributed by atoms with Crippen molar-refractivity contribution < 1.29 is 13.9 Å². The van der Waals surface area contributed by atoms with Crippen molar-refractivity contribution in [3.63, 3.8) is 0 Å². The first kappa shape index (κ1) is 18.2. The van der Waals surface area contributed by atoms with Crippen molar-refractivity contribution >= 4 is 22.6 Å². The maximum Gasteiger partial charge on any atom is 0.295 e. The summed E-state index contributed by atoms with van der Waals surface area (Å²) in [6.45, 7) is 2.00. The molecule has 148 valence electrons. The number of benzene rings is 3. The molecule has 3 aromatic carbocycles. The van der Waals surface area contributed by atoms with Crippen molar-refractivity contribution in [3.05, 3.63) is 105 Å². The molecule has 0 aliphatic carbocycles. The summed E-state index contributed by atoms with van der Waals surface area (Å²) in [5.41, 5.74) is 3.23. The molecule has 1 unspecified atom stereocenters. The summed E-state index contributed by atoms with van der Waals surface area (Å²) in [4.78, 5) is 28.5. The zero-order valence-corrected chi connectivity index (χ0v) is 16.6. The third-order valence-corrected chi connectivity index (χ3v) is 5.52. The van der Waals surface area contributed by atoms with Crippen molar-refractivity contribution in [1.82, 2.24) is 0 Å². The maximum absolute atomic E-state index is 13.5. The average Bonchev–Trinajstić information content (AvgIpc) is 3.07. The number of hydrogen-bond acceptors (Lipinski definition) is 4. The number of fused-ring (bicyclic) bond motifs is 2. The summed E-state index contributed by atoms with van der Waals surface area (Å²) in [6.07, 6.45) is 0. The van der Waals surface area contributed by atoms with E-state index in [-0.39, 0.29) is 17.1 Å². The molecule has 1 aliphatic rings. The second-order valence-corrected chi connectivity index (χ2v) is 7.36. The minimum Gasteiger partial charge on any atom is -0.497 e. The van der Waals surface area contributed by atoms with Gasteiger partial charge in [0.05, 0.1) is 24.1 Å². The molecule has 1 aromatic heterocycles. The summed E-state index contributed by atoms with van der Waals surface area (Å²) in [5.74, 6) is 0.457. The quantitative estimate of drug-likeness (QED) is 0.495. The molecule has 1 amide bonds. The van der Waals surface area contributed by atoms with Crippen molar-refractivity contribution in [1.29, 1.82) is 0 Å². The molecule has 0 saturated carbocycles. The number of carbonyl (C=O) groups is 1. The molecule has 5 nitrogen and oxygen atoms in total. The van der Waals surface area contributed by atoms with Crippen LogP contribution in [0.1, 0.15) is 33.3 Å². The van der Waals surface area contributed by atoms with Gasteiger partial charge in [-0.3, -0.25) is 14.5 Å². The lowest BCUT2D eigenvalue weighted by Crippen LogP contribution is -2.29. The third-order valence-electron chi connectivity index (χ3n) is 5.52. The number of rotatable bonds is 3. The zero-order valence-electron chi connectivity index (χ0n) is 16.6. The molecule has 0 saturated heterocycles. The Morgan fingerprint density at radius 3 is 2.30 bits per heavy atom. The Hall–Kier alpha value is -3.86. The highest BCUT2D eigenvalue weighted by atomic mass is 16.5. The van der Waals surface area contributed by atoms with Gasteiger partial charge >= 0.3 is 0 Å². The molecular formula is C25H19NO4. The Kier molecular flexibility index (Phi) is 4.17. The Balaban J connectivity index is 1.78. The number of para-hydroxylation sites is 1. The topological polar surface area (TPSA) is 59.8 Å². The van der Waals surface area contributed by atoms with E-state index < -0.39 is 6.04 Å². The second-order valence-electron chi connectivity index (χ2n) is 7.36. The van der Waals surface area contributed by atoms with Crippen LogP contribution < -0.4 is 15.1 Å². The van der Waals surface area contributed by atoms with Gasteiger partial charge in [0.25, 0.3) is 5.91 Å². The lowest BCUT2D eigenvalue weighted by atomic mass is 9.97. The van der Waals surface area contributed by atoms with Crippen molar-refractivity contribution in [3.8, 4) is 5.75 Å². The average molecular weight is 397 g/mol. The number of hydrogen-bond donors (Lipinski definition) is 0. The van der Waals surface area contributed by atoms with E-state index in [9.17, 15) is 9.59 Å². The van der Waals surface area contributed by atoms with Crippen LogP contribution in [0.25, 0.3) is 11.0 Å². The van der Waals surface area contributed by atoms with Gasteiger partial charge < -0.3 is 9.15 Å². The monoisotopic (exact) mass is 397 g/mol. The van der Waals surface area contributed by atoms with E-state index in [1.807, 2.05) is 43.3 Å². The summed E-state index contributed by atoms with van der Waals surface area (Å²) < 4.78 is 11.2. The van der Waals surface area contributed by atoms with Crippen molar-refractivity contribution in [2.75, 3.05) is 12.0 Å². The Morgan fingerprint density at radius 1 is 0.900 bits per heavy atom. The Bertz CT molecular complexity index is 1320. The fraction of sp³-hybridized carbons (Fsp3) is 0.120. The molecule has 0 fully saturated rings. The lowest BCUT2D eigenvalue weighted by molar-refractivity contribution is 0.0971. The summed E-state index contributed by atoms with van der Waals surface area (Å²) in [6, 6.07) is 21.5. The summed E-state index contributed by atoms with van der Waals surface area (Å²) >= 11 is 0. The van der Waals surface area contributed by atoms with Crippen LogP contribution in [0.5, 0.6) is 5.75 Å². The Morgan fingerprint density at radius 2 is 1.60 bits per heavy atom. The number of carbonyl (C=O) groups excluding carboxylic acids is 1. The SMILES string of the molecule is COc1ccc(N2C(=O)c3oc4ccccc4c(=O)c3C2c2ccc(C)cc2)cc1. The maximum atomic E-state index is 13.5. The molecule has 30 heavy (non-hydrogen) atoms. The molecule has 0 radical (unpaired) electrons. The molecule has 1 aliphatic heterocycles. The number of ether oxygens (including phenoxy) is 1. The zero-order chi connectivity index (χ0) is 20.8. The first-order valence-electron chi connectivity index (χ1n) is 9.68. The molecule has 0 spiro atoms. The normalized spacial score (nSPS) is 15.5. The van der Waals surface area contributed by atoms with E-state index in [0.29, 0.717) is 28.0 Å². The van der Waals surface area contributed by atoms with Crippen LogP contribution in [0.15, 0.2) is 82.0 Å². The van der Waals surface area contributed by atoms with Gasteiger partial charge in [0.1, 0.15) is 11.3 Å². The number of methoxy groups -OCH3 is 1. The molecule has 0 N–H and O–H groups in total. The van der Waals surface area contributed by atoms with Gasteiger partial charge in [0.2, 0.25) is 5.76 Å². The summed E-state index contributed by atoms with van der Waals surface area (Å²) in [5, 5.41) is 0.470. The minimum atomic E-state index is -0.567. The van der Waals surface area contributed by atoms with Crippen LogP contribution in [0.4, 0.5) is 5.69 Å². The van der Waals surface area contributed by atoms with Crippen molar-refractivity contribution in [2.45, 2.75) is 13.0 Å². The highest BCUT2D eigenvalue weighted by Crippen LogP contribution is 2.41. The van der Waals surface area contributed by atoms with Gasteiger partial charge in [-0.05, 0) is 48.9 Å². The number of aryl methyl sites for hydroxylation is 1. The molecule has 1 atom stereocenters. The molecule has 0 bridgehead atoms. The van der Waals surface area contributed by atoms with E-state index >= 15 is 0 Å². The van der Waals surface area contributed by atoms with Crippen LogP contribution in [0, 0.1) is 6.92 Å². The van der Waals surface area contributed by atoms with Crippen LogP contribution >= 0.6 is 0 Å². The highest BCUT2D eigenvalue weighted by molar-refractivity contribution is 6.10. The van der Waals surface area contributed by atoms with Crippen LogP contribution in [0.3, 0.4) is 0 Å². The van der Waals surface area contributed by atoms with Crippen LogP contribution in [-0.4, -0.2) is 13.0 Å². The molecular weight excluding hydrogens is 378 g/mol. The van der Waals surface area contributed by atoms with Gasteiger partial charge in [0.15, 0.2) is 5.43 Å². The predicted octanol–water partition coefficient (Wildman–Crippen LogP) is 4.86. The van der Waals surface area contributed by atoms with Gasteiger partial charge in [-0.15, -0.1) is 0 Å². The molecule has 5 rings (SSSR count). The largest absolute Gasteiger partial charge is 0.497 e. The predicted molar refractivity (Wildman–Crippen MR) is 115 cm³/mol. The standard InChI is InChI=1S/C25H19NO4/c1-15-7-9-16(10-8-15)22-21-23(27)19-5-3-4-6-20(19)30-24(21)25(28)26(22)17-11-13-18(29-2)14-12-17/h3-14,22H,1-2H3. The van der Waals surface area contributed by atoms with E-state index in [1.54, 1.807) is 48.4 Å². The summed E-state index contributed by atoms with van der Waals surface area (Å²) in [7, 11) is 1.59. The van der Waals surface area contributed by atoms with E-state index in [4.69, 9.17) is 9.15 Å². The van der Waals surface area contributed by atoms with Crippen molar-refractivity contribution in [2.24, 2.45) is 0 Å². The minimum absolute atomic E-state index is 0.0973. The van der Waals surface area contributed by atoms with E-state index in [0.717, 1.165) is 11.1 Å². The van der Waals surface area contributed by atoms with E-state index in [2.05, 4.69) is 0 Å². The van der Waals surface area contributed by atoms with Gasteiger partial charge in [-0.1, -0.05) is 42.0 Å². The van der Waals surface area contributed by atoms with Gasteiger partial charge in [0, 0.05) is 5.69 Å². The molecule has 2 heterocycles. The smallest absolute Gasteiger partial charge is 0.295 e. The molecule has 5 heteroatoms. The number of amides is 1. The van der Waals surface area contributed by atoms with Crippen LogP contribution in [0.2, 0.25) is 0 Å². The van der Waals surface area contributed by atoms with E-state index in [1.165, 1.54) is 0 Å². The molecule has 4 aromatic rings. The second kappa shape index (κ2) is 6.88.